The maximum Gasteiger partial charge on any atom is 0.208 e. The number of furan rings is 2. The van der Waals surface area contributed by atoms with Crippen molar-refractivity contribution in [2.75, 3.05) is 0 Å². The fourth-order valence-electron chi connectivity index (χ4n) is 5.45. The first kappa shape index (κ1) is 25.7. The summed E-state index contributed by atoms with van der Waals surface area (Å²) < 4.78 is 12.2. The maximum atomic E-state index is 10.7. The van der Waals surface area contributed by atoms with Gasteiger partial charge in [-0.2, -0.15) is 0 Å². The zero-order valence-corrected chi connectivity index (χ0v) is 23.0. The quantitative estimate of drug-likeness (QED) is 0.0990. The average molecular weight is 604 g/mol. The minimum atomic E-state index is -1.10. The van der Waals surface area contributed by atoms with Gasteiger partial charge in [0.15, 0.2) is 29.0 Å². The van der Waals surface area contributed by atoms with Crippen LogP contribution in [0.5, 0.6) is 28.7 Å². The van der Waals surface area contributed by atoms with E-state index in [1.165, 1.54) is 0 Å². The van der Waals surface area contributed by atoms with Crippen molar-refractivity contribution in [2.45, 2.75) is 0 Å². The summed E-state index contributed by atoms with van der Waals surface area (Å²) in [6, 6.07) is 23.7. The van der Waals surface area contributed by atoms with E-state index in [4.69, 9.17) is 25.4 Å². The van der Waals surface area contributed by atoms with Crippen LogP contribution in [0.1, 0.15) is 0 Å². The molecule has 0 aliphatic heterocycles. The average Bonchev–Trinajstić information content (AvgIpc) is 3.60. The van der Waals surface area contributed by atoms with E-state index in [-0.39, 0.29) is 17.5 Å². The van der Waals surface area contributed by atoms with Gasteiger partial charge < -0.3 is 34.4 Å². The van der Waals surface area contributed by atoms with E-state index in [1.807, 2.05) is 48.5 Å². The molecular weight excluding hydrogens is 586 g/mol. The van der Waals surface area contributed by atoms with E-state index >= 15 is 0 Å². The second-order valence-electron chi connectivity index (χ2n) is 10.2. The third kappa shape index (κ3) is 3.71. The Morgan fingerprint density at radius 1 is 0.500 bits per heavy atom. The van der Waals surface area contributed by atoms with Crippen molar-refractivity contribution in [3.63, 3.8) is 0 Å². The highest BCUT2D eigenvalue weighted by atomic mass is 35.5. The van der Waals surface area contributed by atoms with Crippen molar-refractivity contribution in [2.24, 2.45) is 0 Å². The van der Waals surface area contributed by atoms with Crippen LogP contribution < -0.4 is 0 Å². The summed E-state index contributed by atoms with van der Waals surface area (Å²) in [6.07, 6.45) is 0. The summed E-state index contributed by atoms with van der Waals surface area (Å²) in [5, 5.41) is 55.9. The van der Waals surface area contributed by atoms with Crippen molar-refractivity contribution in [1.29, 1.82) is 0 Å². The molecule has 10 nitrogen and oxygen atoms in total. The van der Waals surface area contributed by atoms with Crippen molar-refractivity contribution < 1.29 is 34.4 Å². The third-order valence-electron chi connectivity index (χ3n) is 7.57. The number of hydrogen-bond donors (Lipinski definition) is 5. The van der Waals surface area contributed by atoms with Crippen LogP contribution in [0.25, 0.3) is 78.0 Å². The molecule has 0 saturated carbocycles. The molecule has 0 aliphatic carbocycles. The van der Waals surface area contributed by atoms with E-state index in [9.17, 15) is 25.5 Å². The van der Waals surface area contributed by atoms with Crippen LogP contribution in [0.2, 0.25) is 5.02 Å². The number of para-hydroxylation sites is 2. The first-order chi connectivity index (χ1) is 21.3. The molecule has 3 heterocycles. The molecule has 3 aromatic heterocycles. The molecule has 0 spiro atoms. The standard InChI is InChI=1S/C33H18ClN3O7/c34-15-9-11-22-20(13-15)17-10-8-14(12-23(17)43-22)31-35-32(19-6-3-5-18-16-4-1-2-7-21(16)44-30(18)19)37-33(36-31)24-25(38)27(40)29(42)28(41)26(24)39/h1-13,38-42H. The van der Waals surface area contributed by atoms with Crippen LogP contribution in [0, 0.1) is 0 Å². The highest BCUT2D eigenvalue weighted by molar-refractivity contribution is 6.31. The molecule has 5 N–H and O–H groups in total. The lowest BCUT2D eigenvalue weighted by atomic mass is 10.1. The second-order valence-corrected chi connectivity index (χ2v) is 10.6. The number of aromatic nitrogens is 3. The van der Waals surface area contributed by atoms with Crippen molar-refractivity contribution in [3.8, 4) is 62.9 Å². The molecule has 5 aromatic carbocycles. The molecule has 0 bridgehead atoms. The van der Waals surface area contributed by atoms with Gasteiger partial charge in [-0.3, -0.25) is 0 Å². The van der Waals surface area contributed by atoms with Crippen LogP contribution in [0.15, 0.2) is 87.7 Å². The predicted octanol–water partition coefficient (Wildman–Crippen LogP) is 7.85. The topological polar surface area (TPSA) is 166 Å². The zero-order chi connectivity index (χ0) is 30.3. The summed E-state index contributed by atoms with van der Waals surface area (Å²) in [6.45, 7) is 0. The smallest absolute Gasteiger partial charge is 0.208 e. The summed E-state index contributed by atoms with van der Waals surface area (Å²) in [5.41, 5.74) is 2.78. The third-order valence-corrected chi connectivity index (χ3v) is 7.80. The van der Waals surface area contributed by atoms with Gasteiger partial charge in [-0.1, -0.05) is 48.0 Å². The Balaban J connectivity index is 1.41. The van der Waals surface area contributed by atoms with Crippen LogP contribution in [0.3, 0.4) is 0 Å². The van der Waals surface area contributed by atoms with Crippen molar-refractivity contribution in [1.82, 2.24) is 15.0 Å². The molecule has 0 atom stereocenters. The Bertz CT molecular complexity index is 2460. The van der Waals surface area contributed by atoms with Gasteiger partial charge in [0.2, 0.25) is 17.2 Å². The summed E-state index contributed by atoms with van der Waals surface area (Å²) in [4.78, 5) is 13.7. The Morgan fingerprint density at radius 3 is 1.98 bits per heavy atom. The van der Waals surface area contributed by atoms with Gasteiger partial charge in [0.25, 0.3) is 0 Å². The SMILES string of the molecule is Oc1c(O)c(O)c(-c2nc(-c3ccc4c(c3)oc3ccc(Cl)cc34)nc(-c3cccc4c3oc3ccccc34)n2)c(O)c1O. The molecule has 0 saturated heterocycles. The highest BCUT2D eigenvalue weighted by Gasteiger charge is 2.28. The van der Waals surface area contributed by atoms with Gasteiger partial charge in [-0.25, -0.2) is 15.0 Å². The lowest BCUT2D eigenvalue weighted by Crippen LogP contribution is -2.01. The lowest BCUT2D eigenvalue weighted by molar-refractivity contribution is 0.329. The van der Waals surface area contributed by atoms with Crippen LogP contribution >= 0.6 is 11.6 Å². The van der Waals surface area contributed by atoms with E-state index in [1.54, 1.807) is 30.3 Å². The molecule has 11 heteroatoms. The molecule has 8 rings (SSSR count). The first-order valence-corrected chi connectivity index (χ1v) is 13.6. The number of phenols is 5. The molecule has 0 aliphatic rings. The molecule has 0 amide bonds. The molecule has 44 heavy (non-hydrogen) atoms. The Labute approximate surface area is 251 Å². The van der Waals surface area contributed by atoms with Gasteiger partial charge in [0.1, 0.15) is 27.9 Å². The van der Waals surface area contributed by atoms with Crippen LogP contribution in [0.4, 0.5) is 0 Å². The summed E-state index contributed by atoms with van der Waals surface area (Å²) in [7, 11) is 0. The number of halogens is 1. The lowest BCUT2D eigenvalue weighted by Gasteiger charge is -2.13. The highest BCUT2D eigenvalue weighted by Crippen LogP contribution is 2.54. The Kier molecular flexibility index (Phi) is 5.40. The molecule has 0 fully saturated rings. The largest absolute Gasteiger partial charge is 0.504 e. The zero-order valence-electron chi connectivity index (χ0n) is 22.3. The fraction of sp³-hybridized carbons (Fsp3) is 0. The minimum Gasteiger partial charge on any atom is -0.504 e. The van der Waals surface area contributed by atoms with Gasteiger partial charge in [-0.15, -0.1) is 0 Å². The molecule has 8 aromatic rings. The number of aromatic hydroxyl groups is 5. The van der Waals surface area contributed by atoms with E-state index in [2.05, 4.69) is 9.97 Å². The molecular formula is C33H18ClN3O7. The first-order valence-electron chi connectivity index (χ1n) is 13.3. The van der Waals surface area contributed by atoms with E-state index in [0.717, 1.165) is 21.5 Å². The Hall–Kier alpha value is -6.00. The predicted molar refractivity (Wildman–Crippen MR) is 164 cm³/mol. The number of fused-ring (bicyclic) bond motifs is 6. The Morgan fingerprint density at radius 2 is 1.16 bits per heavy atom. The van der Waals surface area contributed by atoms with Crippen LogP contribution in [-0.4, -0.2) is 40.5 Å². The second kappa shape index (κ2) is 9.25. The molecule has 0 radical (unpaired) electrons. The van der Waals surface area contributed by atoms with Crippen molar-refractivity contribution in [3.05, 3.63) is 83.9 Å². The fourth-order valence-corrected chi connectivity index (χ4v) is 5.62. The van der Waals surface area contributed by atoms with Crippen LogP contribution in [-0.2, 0) is 0 Å². The molecule has 214 valence electrons. The monoisotopic (exact) mass is 603 g/mol. The summed E-state index contributed by atoms with van der Waals surface area (Å²) in [5.74, 6) is -5.15. The van der Waals surface area contributed by atoms with Crippen molar-refractivity contribution >= 4 is 55.5 Å². The van der Waals surface area contributed by atoms with Gasteiger partial charge in [0.05, 0.1) is 5.56 Å². The van der Waals surface area contributed by atoms with E-state index < -0.39 is 34.3 Å². The normalized spacial score (nSPS) is 11.8. The number of benzene rings is 5. The number of rotatable bonds is 3. The van der Waals surface area contributed by atoms with E-state index in [0.29, 0.717) is 38.5 Å². The number of phenolic OH excluding ortho intramolecular Hbond substituents is 5. The number of nitrogens with zero attached hydrogens (tertiary/aromatic N) is 3. The molecule has 0 unspecified atom stereocenters. The van der Waals surface area contributed by atoms with Gasteiger partial charge in [-0.05, 0) is 42.5 Å². The number of hydrogen-bond acceptors (Lipinski definition) is 10. The minimum absolute atomic E-state index is 0.108. The maximum absolute atomic E-state index is 10.7. The van der Waals surface area contributed by atoms with Gasteiger partial charge >= 0.3 is 0 Å². The summed E-state index contributed by atoms with van der Waals surface area (Å²) >= 11 is 6.21. The van der Waals surface area contributed by atoms with Gasteiger partial charge in [0, 0.05) is 32.1 Å².